The summed E-state index contributed by atoms with van der Waals surface area (Å²) < 4.78 is 10.2. The van der Waals surface area contributed by atoms with Gasteiger partial charge >= 0.3 is 12.0 Å². The molecule has 6 nitrogen and oxygen atoms in total. The number of carbonyl (C=O) groups excluding carboxylic acids is 2. The molecular weight excluding hydrogens is 284 g/mol. The number of urea groups is 1. The van der Waals surface area contributed by atoms with E-state index in [1.165, 1.54) is 12.0 Å². The highest BCUT2D eigenvalue weighted by Gasteiger charge is 2.41. The predicted octanol–water partition coefficient (Wildman–Crippen LogP) is 2.54. The van der Waals surface area contributed by atoms with Crippen LogP contribution in [0.5, 0.6) is 0 Å². The van der Waals surface area contributed by atoms with Crippen LogP contribution in [-0.2, 0) is 16.1 Å². The maximum absolute atomic E-state index is 12.2. The van der Waals surface area contributed by atoms with Gasteiger partial charge in [-0.1, -0.05) is 19.3 Å². The molecule has 0 aliphatic heterocycles. The topological polar surface area (TPSA) is 71.8 Å². The standard InChI is InChI=1S/C16H24N2O4/c1-18(11-13-7-6-10-22-13)15(20)17-12-16(14(19)21-2)8-4-3-5-9-16/h6-7,10H,3-5,8-9,11-12H2,1-2H3,(H,17,20). The van der Waals surface area contributed by atoms with Gasteiger partial charge in [-0.25, -0.2) is 4.79 Å². The van der Waals surface area contributed by atoms with Gasteiger partial charge in [-0.05, 0) is 25.0 Å². The average molecular weight is 308 g/mol. The first-order valence-corrected chi connectivity index (χ1v) is 7.67. The molecule has 0 spiro atoms. The van der Waals surface area contributed by atoms with Gasteiger partial charge in [0.15, 0.2) is 0 Å². The Kier molecular flexibility index (Phi) is 5.46. The summed E-state index contributed by atoms with van der Waals surface area (Å²) in [7, 11) is 3.10. The maximum atomic E-state index is 12.2. The molecule has 0 aromatic carbocycles. The summed E-state index contributed by atoms with van der Waals surface area (Å²) in [5.41, 5.74) is -0.575. The maximum Gasteiger partial charge on any atom is 0.317 e. The van der Waals surface area contributed by atoms with Crippen molar-refractivity contribution >= 4 is 12.0 Å². The Morgan fingerprint density at radius 3 is 2.68 bits per heavy atom. The number of ether oxygens (including phenoxy) is 1. The van der Waals surface area contributed by atoms with Crippen molar-refractivity contribution < 1.29 is 18.7 Å². The fourth-order valence-corrected chi connectivity index (χ4v) is 2.99. The van der Waals surface area contributed by atoms with E-state index in [1.54, 1.807) is 19.4 Å². The van der Waals surface area contributed by atoms with Gasteiger partial charge in [0, 0.05) is 13.6 Å². The SMILES string of the molecule is COC(=O)C1(CNC(=O)N(C)Cc2ccco2)CCCCC1. The zero-order valence-corrected chi connectivity index (χ0v) is 13.3. The minimum atomic E-state index is -0.575. The number of esters is 1. The number of rotatable bonds is 5. The highest BCUT2D eigenvalue weighted by atomic mass is 16.5. The van der Waals surface area contributed by atoms with Gasteiger partial charge in [0.2, 0.25) is 0 Å². The van der Waals surface area contributed by atoms with E-state index in [1.807, 2.05) is 6.07 Å². The summed E-state index contributed by atoms with van der Waals surface area (Å²) in [4.78, 5) is 25.8. The van der Waals surface area contributed by atoms with Crippen LogP contribution in [0.25, 0.3) is 0 Å². The van der Waals surface area contributed by atoms with Crippen molar-refractivity contribution in [1.29, 1.82) is 0 Å². The zero-order chi connectivity index (χ0) is 16.0. The van der Waals surface area contributed by atoms with Crippen molar-refractivity contribution in [1.82, 2.24) is 10.2 Å². The Hall–Kier alpha value is -1.98. The summed E-state index contributed by atoms with van der Waals surface area (Å²) >= 11 is 0. The Labute approximate surface area is 130 Å². The Balaban J connectivity index is 1.91. The number of nitrogens with one attached hydrogen (secondary N) is 1. The molecule has 1 aromatic heterocycles. The number of hydrogen-bond donors (Lipinski definition) is 1. The molecule has 1 heterocycles. The third-order valence-corrected chi connectivity index (χ3v) is 4.33. The molecular formula is C16H24N2O4. The quantitative estimate of drug-likeness (QED) is 0.849. The molecule has 0 saturated heterocycles. The molecule has 1 aliphatic rings. The molecule has 1 aliphatic carbocycles. The molecule has 0 atom stereocenters. The monoisotopic (exact) mass is 308 g/mol. The third-order valence-electron chi connectivity index (χ3n) is 4.33. The molecule has 1 saturated carbocycles. The fraction of sp³-hybridized carbons (Fsp3) is 0.625. The van der Waals surface area contributed by atoms with Gasteiger partial charge < -0.3 is 19.4 Å². The highest BCUT2D eigenvalue weighted by Crippen LogP contribution is 2.36. The number of nitrogens with zero attached hydrogens (tertiary/aromatic N) is 1. The Bertz CT molecular complexity index is 492. The molecule has 122 valence electrons. The molecule has 2 rings (SSSR count). The molecule has 0 bridgehead atoms. The van der Waals surface area contributed by atoms with Crippen molar-refractivity contribution in [3.8, 4) is 0 Å². The van der Waals surface area contributed by atoms with E-state index in [9.17, 15) is 9.59 Å². The van der Waals surface area contributed by atoms with Crippen molar-refractivity contribution in [3.63, 3.8) is 0 Å². The summed E-state index contributed by atoms with van der Waals surface area (Å²) in [6, 6.07) is 3.39. The van der Waals surface area contributed by atoms with Gasteiger partial charge in [-0.3, -0.25) is 4.79 Å². The molecule has 1 fully saturated rings. The minimum Gasteiger partial charge on any atom is -0.469 e. The highest BCUT2D eigenvalue weighted by molar-refractivity contribution is 5.79. The van der Waals surface area contributed by atoms with Gasteiger partial charge in [0.1, 0.15) is 5.76 Å². The molecule has 6 heteroatoms. The van der Waals surface area contributed by atoms with Crippen LogP contribution in [0.3, 0.4) is 0 Å². The number of furan rings is 1. The number of amides is 2. The van der Waals surface area contributed by atoms with Crippen molar-refractivity contribution in [2.75, 3.05) is 20.7 Å². The number of hydrogen-bond acceptors (Lipinski definition) is 4. The van der Waals surface area contributed by atoms with E-state index in [-0.39, 0.29) is 12.0 Å². The minimum absolute atomic E-state index is 0.217. The van der Waals surface area contributed by atoms with E-state index in [0.29, 0.717) is 13.1 Å². The van der Waals surface area contributed by atoms with Gasteiger partial charge in [-0.2, -0.15) is 0 Å². The molecule has 1 aromatic rings. The molecule has 0 unspecified atom stereocenters. The lowest BCUT2D eigenvalue weighted by Gasteiger charge is -2.34. The summed E-state index contributed by atoms with van der Waals surface area (Å²) in [5.74, 6) is 0.499. The normalized spacial score (nSPS) is 16.8. The number of methoxy groups -OCH3 is 1. The van der Waals surface area contributed by atoms with Crippen LogP contribution in [0.1, 0.15) is 37.9 Å². The van der Waals surface area contributed by atoms with E-state index < -0.39 is 5.41 Å². The summed E-state index contributed by atoms with van der Waals surface area (Å²) in [6.45, 7) is 0.713. The second-order valence-electron chi connectivity index (χ2n) is 5.93. The zero-order valence-electron chi connectivity index (χ0n) is 13.3. The Morgan fingerprint density at radius 1 is 1.36 bits per heavy atom. The van der Waals surface area contributed by atoms with Crippen molar-refractivity contribution in [2.45, 2.75) is 38.6 Å². The summed E-state index contributed by atoms with van der Waals surface area (Å²) in [6.07, 6.45) is 6.23. The first kappa shape index (κ1) is 16.4. The second-order valence-corrected chi connectivity index (χ2v) is 5.93. The smallest absolute Gasteiger partial charge is 0.317 e. The van der Waals surface area contributed by atoms with Crippen LogP contribution in [0, 0.1) is 5.41 Å². The summed E-state index contributed by atoms with van der Waals surface area (Å²) in [5, 5.41) is 2.87. The average Bonchev–Trinajstić information content (AvgIpc) is 3.05. The lowest BCUT2D eigenvalue weighted by atomic mass is 9.74. The van der Waals surface area contributed by atoms with Gasteiger partial charge in [0.25, 0.3) is 0 Å². The van der Waals surface area contributed by atoms with Crippen LogP contribution in [-0.4, -0.2) is 37.6 Å². The van der Waals surface area contributed by atoms with Crippen LogP contribution in [0.15, 0.2) is 22.8 Å². The lowest BCUT2D eigenvalue weighted by molar-refractivity contribution is -0.154. The van der Waals surface area contributed by atoms with Crippen LogP contribution in [0.2, 0.25) is 0 Å². The first-order chi connectivity index (χ1) is 10.6. The lowest BCUT2D eigenvalue weighted by Crippen LogP contribution is -2.47. The first-order valence-electron chi connectivity index (χ1n) is 7.67. The van der Waals surface area contributed by atoms with Crippen LogP contribution < -0.4 is 5.32 Å². The van der Waals surface area contributed by atoms with Gasteiger partial charge in [-0.15, -0.1) is 0 Å². The Morgan fingerprint density at radius 2 is 2.09 bits per heavy atom. The third kappa shape index (κ3) is 3.81. The van der Waals surface area contributed by atoms with E-state index in [4.69, 9.17) is 9.15 Å². The molecule has 1 N–H and O–H groups in total. The van der Waals surface area contributed by atoms with E-state index in [0.717, 1.165) is 37.9 Å². The van der Waals surface area contributed by atoms with Gasteiger partial charge in [0.05, 0.1) is 25.3 Å². The van der Waals surface area contributed by atoms with E-state index >= 15 is 0 Å². The van der Waals surface area contributed by atoms with Crippen LogP contribution in [0.4, 0.5) is 4.79 Å². The molecule has 0 radical (unpaired) electrons. The molecule has 22 heavy (non-hydrogen) atoms. The van der Waals surface area contributed by atoms with Crippen molar-refractivity contribution in [2.24, 2.45) is 5.41 Å². The van der Waals surface area contributed by atoms with Crippen LogP contribution >= 0.6 is 0 Å². The fourth-order valence-electron chi connectivity index (χ4n) is 2.99. The molecule has 2 amide bonds. The van der Waals surface area contributed by atoms with Crippen molar-refractivity contribution in [3.05, 3.63) is 24.2 Å². The largest absolute Gasteiger partial charge is 0.469 e. The van der Waals surface area contributed by atoms with E-state index in [2.05, 4.69) is 5.32 Å². The second kappa shape index (κ2) is 7.33. The number of carbonyl (C=O) groups is 2. The predicted molar refractivity (Wildman–Crippen MR) is 81.1 cm³/mol.